The van der Waals surface area contributed by atoms with Crippen molar-refractivity contribution in [2.24, 2.45) is 5.92 Å². The monoisotopic (exact) mass is 414 g/mol. The molecule has 0 unspecified atom stereocenters. The van der Waals surface area contributed by atoms with Crippen LogP contribution in [0.2, 0.25) is 0 Å². The Balaban J connectivity index is 1.48. The Bertz CT molecular complexity index is 766. The topological polar surface area (TPSA) is 73.0 Å². The van der Waals surface area contributed by atoms with Gasteiger partial charge in [-0.05, 0) is 44.2 Å². The van der Waals surface area contributed by atoms with Gasteiger partial charge in [0, 0.05) is 57.8 Å². The summed E-state index contributed by atoms with van der Waals surface area (Å²) in [6.07, 6.45) is 2.36. The van der Waals surface area contributed by atoms with Crippen LogP contribution in [0.25, 0.3) is 0 Å². The number of aryl methyl sites for hydroxylation is 2. The van der Waals surface area contributed by atoms with Gasteiger partial charge in [-0.2, -0.15) is 0 Å². The minimum Gasteiger partial charge on any atom is -0.343 e. The molecule has 1 aromatic carbocycles. The Kier molecular flexibility index (Phi) is 7.48. The molecule has 3 amide bonds. The lowest BCUT2D eigenvalue weighted by molar-refractivity contribution is -0.140. The number of amides is 3. The third-order valence-corrected chi connectivity index (χ3v) is 6.30. The Labute approximate surface area is 179 Å². The van der Waals surface area contributed by atoms with Crippen molar-refractivity contribution in [3.8, 4) is 0 Å². The first-order valence-corrected chi connectivity index (χ1v) is 11.0. The fraction of sp³-hybridized carbons (Fsp3) is 0.609. The highest BCUT2D eigenvalue weighted by atomic mass is 16.2. The van der Waals surface area contributed by atoms with E-state index in [1.54, 1.807) is 6.92 Å². The van der Waals surface area contributed by atoms with Crippen molar-refractivity contribution in [1.82, 2.24) is 14.7 Å². The molecule has 1 N–H and O–H groups in total. The van der Waals surface area contributed by atoms with Gasteiger partial charge in [0.15, 0.2) is 0 Å². The molecule has 0 aromatic heterocycles. The van der Waals surface area contributed by atoms with Gasteiger partial charge in [-0.1, -0.05) is 18.2 Å². The molecular formula is C23H34N4O3. The minimum atomic E-state index is -0.0104. The molecule has 2 saturated heterocycles. The van der Waals surface area contributed by atoms with Crippen LogP contribution < -0.4 is 5.32 Å². The number of piperidine rings is 1. The highest BCUT2D eigenvalue weighted by molar-refractivity contribution is 5.93. The number of likely N-dealkylation sites (tertiary alicyclic amines) is 1. The summed E-state index contributed by atoms with van der Waals surface area (Å²) in [5.41, 5.74) is 3.02. The molecule has 7 nitrogen and oxygen atoms in total. The van der Waals surface area contributed by atoms with E-state index in [4.69, 9.17) is 0 Å². The second kappa shape index (κ2) is 10.1. The van der Waals surface area contributed by atoms with Crippen molar-refractivity contribution >= 4 is 23.4 Å². The maximum atomic E-state index is 13.0. The largest absolute Gasteiger partial charge is 0.343 e. The number of rotatable bonds is 4. The van der Waals surface area contributed by atoms with Crippen molar-refractivity contribution in [2.45, 2.75) is 40.0 Å². The number of carbonyl (C=O) groups excluding carboxylic acids is 3. The van der Waals surface area contributed by atoms with Crippen LogP contribution in [0.4, 0.5) is 5.69 Å². The van der Waals surface area contributed by atoms with Gasteiger partial charge in [-0.25, -0.2) is 0 Å². The van der Waals surface area contributed by atoms with E-state index in [1.165, 1.54) is 0 Å². The van der Waals surface area contributed by atoms with E-state index in [0.717, 1.165) is 49.2 Å². The number of anilines is 1. The van der Waals surface area contributed by atoms with E-state index >= 15 is 0 Å². The summed E-state index contributed by atoms with van der Waals surface area (Å²) in [5.74, 6) is 0.300. The van der Waals surface area contributed by atoms with Gasteiger partial charge in [-0.15, -0.1) is 0 Å². The molecule has 0 bridgehead atoms. The van der Waals surface area contributed by atoms with E-state index in [0.29, 0.717) is 32.7 Å². The lowest BCUT2D eigenvalue weighted by Gasteiger charge is -2.33. The molecule has 2 heterocycles. The predicted octanol–water partition coefficient (Wildman–Crippen LogP) is 2.03. The summed E-state index contributed by atoms with van der Waals surface area (Å²) >= 11 is 0. The summed E-state index contributed by atoms with van der Waals surface area (Å²) in [6, 6.07) is 5.99. The summed E-state index contributed by atoms with van der Waals surface area (Å²) in [5, 5.41) is 3.05. The molecule has 2 aliphatic rings. The van der Waals surface area contributed by atoms with E-state index in [2.05, 4.69) is 10.2 Å². The Morgan fingerprint density at radius 1 is 0.933 bits per heavy atom. The van der Waals surface area contributed by atoms with E-state index < -0.39 is 0 Å². The van der Waals surface area contributed by atoms with Gasteiger partial charge in [0.2, 0.25) is 17.7 Å². The first-order valence-electron chi connectivity index (χ1n) is 11.0. The van der Waals surface area contributed by atoms with E-state index in [-0.39, 0.29) is 23.6 Å². The molecule has 164 valence electrons. The molecule has 0 radical (unpaired) electrons. The van der Waals surface area contributed by atoms with Crippen LogP contribution in [0.5, 0.6) is 0 Å². The number of benzene rings is 1. The van der Waals surface area contributed by atoms with Crippen molar-refractivity contribution in [3.63, 3.8) is 0 Å². The third kappa shape index (κ3) is 5.59. The van der Waals surface area contributed by atoms with Crippen molar-refractivity contribution in [1.29, 1.82) is 0 Å². The third-order valence-electron chi connectivity index (χ3n) is 6.30. The number of carbonyl (C=O) groups is 3. The minimum absolute atomic E-state index is 0.0104. The summed E-state index contributed by atoms with van der Waals surface area (Å²) in [7, 11) is 0. The van der Waals surface area contributed by atoms with E-state index in [9.17, 15) is 14.4 Å². The first kappa shape index (κ1) is 22.3. The SMILES string of the molecule is CC(=O)N1CCC(C(=O)N2CCCN(CC(=O)Nc3c(C)cccc3C)CC2)CC1. The first-order chi connectivity index (χ1) is 14.3. The molecular weight excluding hydrogens is 380 g/mol. The number of hydrogen-bond acceptors (Lipinski definition) is 4. The second-order valence-electron chi connectivity index (χ2n) is 8.55. The summed E-state index contributed by atoms with van der Waals surface area (Å²) in [6.45, 7) is 10.2. The zero-order valence-corrected chi connectivity index (χ0v) is 18.4. The average molecular weight is 415 g/mol. The van der Waals surface area contributed by atoms with Crippen LogP contribution in [0, 0.1) is 19.8 Å². The zero-order chi connectivity index (χ0) is 21.7. The molecule has 2 fully saturated rings. The maximum absolute atomic E-state index is 13.0. The van der Waals surface area contributed by atoms with Crippen LogP contribution in [0.3, 0.4) is 0 Å². The molecule has 2 aliphatic heterocycles. The quantitative estimate of drug-likeness (QED) is 0.818. The molecule has 30 heavy (non-hydrogen) atoms. The number of nitrogens with one attached hydrogen (secondary N) is 1. The highest BCUT2D eigenvalue weighted by Crippen LogP contribution is 2.21. The Morgan fingerprint density at radius 3 is 2.23 bits per heavy atom. The smallest absolute Gasteiger partial charge is 0.238 e. The van der Waals surface area contributed by atoms with Gasteiger partial charge in [0.05, 0.1) is 6.54 Å². The molecule has 3 rings (SSSR count). The molecule has 1 aromatic rings. The van der Waals surface area contributed by atoms with Crippen molar-refractivity contribution in [2.75, 3.05) is 51.1 Å². The van der Waals surface area contributed by atoms with Crippen LogP contribution >= 0.6 is 0 Å². The van der Waals surface area contributed by atoms with Gasteiger partial charge in [0.25, 0.3) is 0 Å². The molecule has 0 saturated carbocycles. The van der Waals surface area contributed by atoms with Crippen LogP contribution in [0.15, 0.2) is 18.2 Å². The average Bonchev–Trinajstić information content (AvgIpc) is 2.96. The summed E-state index contributed by atoms with van der Waals surface area (Å²) < 4.78 is 0. The van der Waals surface area contributed by atoms with Crippen LogP contribution in [0.1, 0.15) is 37.3 Å². The van der Waals surface area contributed by atoms with Gasteiger partial charge in [-0.3, -0.25) is 19.3 Å². The molecule has 0 spiro atoms. The predicted molar refractivity (Wildman–Crippen MR) is 117 cm³/mol. The van der Waals surface area contributed by atoms with Crippen LogP contribution in [-0.4, -0.2) is 78.2 Å². The standard InChI is InChI=1S/C23H34N4O3/c1-17-6-4-7-18(2)22(17)24-21(29)16-25-10-5-11-27(15-14-25)23(30)20-8-12-26(13-9-20)19(3)28/h4,6-7,20H,5,8-16H2,1-3H3,(H,24,29). The van der Waals surface area contributed by atoms with Crippen molar-refractivity contribution in [3.05, 3.63) is 29.3 Å². The Morgan fingerprint density at radius 2 is 1.60 bits per heavy atom. The van der Waals surface area contributed by atoms with Gasteiger partial charge < -0.3 is 15.1 Å². The number of para-hydroxylation sites is 1. The van der Waals surface area contributed by atoms with Crippen molar-refractivity contribution < 1.29 is 14.4 Å². The Hall–Kier alpha value is -2.41. The normalized spacial score (nSPS) is 18.8. The van der Waals surface area contributed by atoms with E-state index in [1.807, 2.05) is 41.8 Å². The second-order valence-corrected chi connectivity index (χ2v) is 8.55. The zero-order valence-electron chi connectivity index (χ0n) is 18.4. The number of hydrogen-bond donors (Lipinski definition) is 1. The molecule has 7 heteroatoms. The molecule has 0 aliphatic carbocycles. The fourth-order valence-electron chi connectivity index (χ4n) is 4.44. The summed E-state index contributed by atoms with van der Waals surface area (Å²) in [4.78, 5) is 42.9. The molecule has 0 atom stereocenters. The van der Waals surface area contributed by atoms with Crippen LogP contribution in [-0.2, 0) is 14.4 Å². The van der Waals surface area contributed by atoms with Gasteiger partial charge in [0.1, 0.15) is 0 Å². The highest BCUT2D eigenvalue weighted by Gasteiger charge is 2.30. The van der Waals surface area contributed by atoms with Gasteiger partial charge >= 0.3 is 0 Å². The number of nitrogens with zero attached hydrogens (tertiary/aromatic N) is 3. The maximum Gasteiger partial charge on any atom is 0.238 e. The lowest BCUT2D eigenvalue weighted by Crippen LogP contribution is -2.45. The lowest BCUT2D eigenvalue weighted by atomic mass is 9.95. The fourth-order valence-corrected chi connectivity index (χ4v) is 4.44.